The zero-order valence-electron chi connectivity index (χ0n) is 20.3. The number of piperazine rings is 1. The Morgan fingerprint density at radius 2 is 1.60 bits per heavy atom. The maximum absolute atomic E-state index is 13.0. The van der Waals surface area contributed by atoms with Gasteiger partial charge < -0.3 is 19.9 Å². The summed E-state index contributed by atoms with van der Waals surface area (Å²) < 4.78 is 18.4. The molecule has 0 unspecified atom stereocenters. The molecule has 4 rings (SSSR count). The molecule has 2 aliphatic rings. The molecule has 0 bridgehead atoms. The van der Waals surface area contributed by atoms with Gasteiger partial charge in [0.15, 0.2) is 0 Å². The molecule has 0 aromatic heterocycles. The molecule has 188 valence electrons. The molecule has 2 amide bonds. The first-order chi connectivity index (χ1) is 17.0. The van der Waals surface area contributed by atoms with Crippen LogP contribution in [0.3, 0.4) is 0 Å². The van der Waals surface area contributed by atoms with Gasteiger partial charge in [0.25, 0.3) is 0 Å². The van der Waals surface area contributed by atoms with Crippen molar-refractivity contribution >= 4 is 23.2 Å². The van der Waals surface area contributed by atoms with Gasteiger partial charge in [-0.3, -0.25) is 19.4 Å². The summed E-state index contributed by atoms with van der Waals surface area (Å²) in [5.41, 5.74) is 2.96. The van der Waals surface area contributed by atoms with Gasteiger partial charge in [0.2, 0.25) is 11.8 Å². The summed E-state index contributed by atoms with van der Waals surface area (Å²) in [5, 5.41) is 2.78. The van der Waals surface area contributed by atoms with Crippen molar-refractivity contribution in [3.8, 4) is 0 Å². The van der Waals surface area contributed by atoms with Crippen LogP contribution in [0.25, 0.3) is 0 Å². The second kappa shape index (κ2) is 12.1. The zero-order valence-corrected chi connectivity index (χ0v) is 20.3. The molecule has 2 heterocycles. The van der Waals surface area contributed by atoms with E-state index in [-0.39, 0.29) is 24.2 Å². The molecule has 2 aliphatic heterocycles. The van der Waals surface area contributed by atoms with Gasteiger partial charge in [-0.25, -0.2) is 4.39 Å². The highest BCUT2D eigenvalue weighted by Crippen LogP contribution is 2.17. The first kappa shape index (κ1) is 25.1. The molecule has 0 saturated carbocycles. The summed E-state index contributed by atoms with van der Waals surface area (Å²) in [4.78, 5) is 33.3. The SMILES string of the molecule is CN(CC(=O)N1CCN(CC(=O)Nc2ccc(F)cc2)CC1)Cc1ccc(N2CCOCC2)cc1. The van der Waals surface area contributed by atoms with E-state index in [1.54, 1.807) is 12.1 Å². The Morgan fingerprint density at radius 3 is 2.26 bits per heavy atom. The third-order valence-corrected chi connectivity index (χ3v) is 6.39. The van der Waals surface area contributed by atoms with Crippen LogP contribution in [-0.2, 0) is 20.9 Å². The van der Waals surface area contributed by atoms with Gasteiger partial charge in [-0.15, -0.1) is 0 Å². The predicted molar refractivity (Wildman–Crippen MR) is 134 cm³/mol. The summed E-state index contributed by atoms with van der Waals surface area (Å²) >= 11 is 0. The molecule has 0 atom stereocenters. The smallest absolute Gasteiger partial charge is 0.238 e. The van der Waals surface area contributed by atoms with Crippen molar-refractivity contribution in [2.75, 3.05) is 82.8 Å². The van der Waals surface area contributed by atoms with Gasteiger partial charge >= 0.3 is 0 Å². The van der Waals surface area contributed by atoms with E-state index in [1.165, 1.54) is 23.4 Å². The number of benzene rings is 2. The maximum atomic E-state index is 13.0. The monoisotopic (exact) mass is 483 g/mol. The zero-order chi connectivity index (χ0) is 24.6. The predicted octanol–water partition coefficient (Wildman–Crippen LogP) is 1.88. The number of carbonyl (C=O) groups is 2. The highest BCUT2D eigenvalue weighted by Gasteiger charge is 2.23. The van der Waals surface area contributed by atoms with Gasteiger partial charge in [-0.05, 0) is 49.0 Å². The number of nitrogens with one attached hydrogen (secondary N) is 1. The quantitative estimate of drug-likeness (QED) is 0.619. The molecule has 35 heavy (non-hydrogen) atoms. The first-order valence-corrected chi connectivity index (χ1v) is 12.1. The Kier molecular flexibility index (Phi) is 8.68. The average molecular weight is 484 g/mol. The van der Waals surface area contributed by atoms with Crippen LogP contribution < -0.4 is 10.2 Å². The van der Waals surface area contributed by atoms with Gasteiger partial charge in [0.05, 0.1) is 26.3 Å². The number of hydrogen-bond donors (Lipinski definition) is 1. The molecule has 9 heteroatoms. The van der Waals surface area contributed by atoms with E-state index in [9.17, 15) is 14.0 Å². The Hall–Kier alpha value is -3.01. The fraction of sp³-hybridized carbons (Fsp3) is 0.462. The summed E-state index contributed by atoms with van der Waals surface area (Å²) in [6, 6.07) is 14.2. The number of likely N-dealkylation sites (N-methyl/N-ethyl adjacent to an activating group) is 1. The van der Waals surface area contributed by atoms with Gasteiger partial charge in [0.1, 0.15) is 5.82 Å². The number of halogens is 1. The van der Waals surface area contributed by atoms with Crippen LogP contribution >= 0.6 is 0 Å². The highest BCUT2D eigenvalue weighted by atomic mass is 19.1. The van der Waals surface area contributed by atoms with Crippen LogP contribution in [0.15, 0.2) is 48.5 Å². The number of ether oxygens (including phenoxy) is 1. The minimum absolute atomic E-state index is 0.104. The van der Waals surface area contributed by atoms with E-state index in [0.717, 1.165) is 26.3 Å². The van der Waals surface area contributed by atoms with Crippen LogP contribution in [0.2, 0.25) is 0 Å². The van der Waals surface area contributed by atoms with Gasteiger partial charge in [-0.2, -0.15) is 0 Å². The van der Waals surface area contributed by atoms with E-state index in [0.29, 0.717) is 45.0 Å². The molecule has 2 aromatic carbocycles. The molecule has 1 N–H and O–H groups in total. The number of nitrogens with zero attached hydrogens (tertiary/aromatic N) is 4. The highest BCUT2D eigenvalue weighted by molar-refractivity contribution is 5.92. The lowest BCUT2D eigenvalue weighted by molar-refractivity contribution is -0.134. The van der Waals surface area contributed by atoms with E-state index in [4.69, 9.17) is 4.74 Å². The molecule has 0 spiro atoms. The minimum atomic E-state index is -0.337. The van der Waals surface area contributed by atoms with Crippen molar-refractivity contribution in [2.45, 2.75) is 6.54 Å². The standard InChI is InChI=1S/C26H34FN5O3/c1-29(18-21-2-8-24(9-3-21)31-14-16-35-17-15-31)20-26(34)32-12-10-30(11-13-32)19-25(33)28-23-6-4-22(27)5-7-23/h2-9H,10-20H2,1H3,(H,28,33). The fourth-order valence-electron chi connectivity index (χ4n) is 4.42. The van der Waals surface area contributed by atoms with E-state index < -0.39 is 0 Å². The summed E-state index contributed by atoms with van der Waals surface area (Å²) in [6.07, 6.45) is 0. The molecule has 0 radical (unpaired) electrons. The lowest BCUT2D eigenvalue weighted by atomic mass is 10.1. The van der Waals surface area contributed by atoms with Crippen LogP contribution in [0.4, 0.5) is 15.8 Å². The Balaban J connectivity index is 1.16. The van der Waals surface area contributed by atoms with Crippen molar-refractivity contribution in [2.24, 2.45) is 0 Å². The lowest BCUT2D eigenvalue weighted by Gasteiger charge is -2.35. The van der Waals surface area contributed by atoms with Gasteiger partial charge in [0, 0.05) is 57.2 Å². The van der Waals surface area contributed by atoms with Crippen LogP contribution in [-0.4, -0.2) is 99.1 Å². The third-order valence-electron chi connectivity index (χ3n) is 6.39. The minimum Gasteiger partial charge on any atom is -0.378 e. The van der Waals surface area contributed by atoms with Crippen molar-refractivity contribution in [3.63, 3.8) is 0 Å². The maximum Gasteiger partial charge on any atom is 0.238 e. The molecule has 2 aromatic rings. The number of rotatable bonds is 8. The van der Waals surface area contributed by atoms with E-state index >= 15 is 0 Å². The second-order valence-electron chi connectivity index (χ2n) is 9.15. The molecule has 2 fully saturated rings. The fourth-order valence-corrected chi connectivity index (χ4v) is 4.42. The number of anilines is 2. The summed E-state index contributed by atoms with van der Waals surface area (Å²) in [7, 11) is 1.96. The normalized spacial score (nSPS) is 17.0. The first-order valence-electron chi connectivity index (χ1n) is 12.1. The molecular formula is C26H34FN5O3. The van der Waals surface area contributed by atoms with Crippen LogP contribution in [0.5, 0.6) is 0 Å². The van der Waals surface area contributed by atoms with Crippen molar-refractivity contribution in [3.05, 3.63) is 59.9 Å². The van der Waals surface area contributed by atoms with Crippen molar-refractivity contribution in [1.82, 2.24) is 14.7 Å². The Morgan fingerprint density at radius 1 is 0.943 bits per heavy atom. The number of amides is 2. The topological polar surface area (TPSA) is 68.4 Å². The van der Waals surface area contributed by atoms with Crippen LogP contribution in [0.1, 0.15) is 5.56 Å². The van der Waals surface area contributed by atoms with Crippen molar-refractivity contribution in [1.29, 1.82) is 0 Å². The molecule has 0 aliphatic carbocycles. The third kappa shape index (κ3) is 7.48. The number of carbonyl (C=O) groups excluding carboxylic acids is 2. The van der Waals surface area contributed by atoms with E-state index in [1.807, 2.05) is 21.7 Å². The molecule has 2 saturated heterocycles. The lowest BCUT2D eigenvalue weighted by Crippen LogP contribution is -2.52. The Labute approximate surface area is 206 Å². The second-order valence-corrected chi connectivity index (χ2v) is 9.15. The van der Waals surface area contributed by atoms with Crippen molar-refractivity contribution < 1.29 is 18.7 Å². The molecular weight excluding hydrogens is 449 g/mol. The van der Waals surface area contributed by atoms with Gasteiger partial charge in [-0.1, -0.05) is 12.1 Å². The number of hydrogen-bond acceptors (Lipinski definition) is 6. The Bertz CT molecular complexity index is 971. The summed E-state index contributed by atoms with van der Waals surface area (Å²) in [5.74, 6) is -0.375. The largest absolute Gasteiger partial charge is 0.378 e. The van der Waals surface area contributed by atoms with E-state index in [2.05, 4.69) is 34.5 Å². The summed E-state index contributed by atoms with van der Waals surface area (Å²) in [6.45, 7) is 7.18. The average Bonchev–Trinajstić information content (AvgIpc) is 2.87. The number of morpholine rings is 1. The molecule has 8 nitrogen and oxygen atoms in total. The van der Waals surface area contributed by atoms with Crippen LogP contribution in [0, 0.1) is 5.82 Å².